The van der Waals surface area contributed by atoms with Gasteiger partial charge in [0.25, 0.3) is 0 Å². The number of ether oxygens (including phenoxy) is 1. The molecule has 0 bridgehead atoms. The second-order valence-corrected chi connectivity index (χ2v) is 5.53. The summed E-state index contributed by atoms with van der Waals surface area (Å²) in [4.78, 5) is 5.00. The van der Waals surface area contributed by atoms with Crippen molar-refractivity contribution in [2.75, 3.05) is 40.4 Å². The summed E-state index contributed by atoms with van der Waals surface area (Å²) in [6.45, 7) is 11.2. The summed E-state index contributed by atoms with van der Waals surface area (Å²) in [7, 11) is 3.97. The average Bonchev–Trinajstić information content (AvgIpc) is 2.62. The molecule has 0 aromatic rings. The van der Waals surface area contributed by atoms with Crippen molar-refractivity contribution in [1.29, 1.82) is 0 Å². The number of likely N-dealkylation sites (tertiary alicyclic amines) is 1. The molecule has 1 aliphatic heterocycles. The Hall–Kier alpha value is -0.120. The van der Waals surface area contributed by atoms with E-state index >= 15 is 0 Å². The van der Waals surface area contributed by atoms with Gasteiger partial charge in [-0.15, -0.1) is 0 Å². The highest BCUT2D eigenvalue weighted by molar-refractivity contribution is 4.88. The maximum atomic E-state index is 5.11. The fraction of sp³-hybridized carbons (Fsp3) is 1.00. The van der Waals surface area contributed by atoms with Crippen LogP contribution in [-0.2, 0) is 4.74 Å². The number of hydrogen-bond acceptors (Lipinski definition) is 3. The summed E-state index contributed by atoms with van der Waals surface area (Å²) in [6, 6.07) is 0.708. The first-order valence-electron chi connectivity index (χ1n) is 5.89. The number of likely N-dealkylation sites (N-methyl/N-ethyl adjacent to an activating group) is 1. The van der Waals surface area contributed by atoms with E-state index in [9.17, 15) is 0 Å². The SMILES string of the molecule is COCCN(C)[C@@H]1CCN(C(C)(C)C)C1. The van der Waals surface area contributed by atoms with Gasteiger partial charge < -0.3 is 4.74 Å². The van der Waals surface area contributed by atoms with Gasteiger partial charge >= 0.3 is 0 Å². The molecule has 15 heavy (non-hydrogen) atoms. The van der Waals surface area contributed by atoms with Crippen molar-refractivity contribution in [3.05, 3.63) is 0 Å². The molecule has 0 radical (unpaired) electrons. The smallest absolute Gasteiger partial charge is 0.0589 e. The molecule has 90 valence electrons. The molecule has 3 nitrogen and oxygen atoms in total. The second-order valence-electron chi connectivity index (χ2n) is 5.53. The Morgan fingerprint density at radius 3 is 2.53 bits per heavy atom. The van der Waals surface area contributed by atoms with E-state index in [2.05, 4.69) is 37.6 Å². The fourth-order valence-electron chi connectivity index (χ4n) is 2.13. The van der Waals surface area contributed by atoms with Crippen molar-refractivity contribution in [2.24, 2.45) is 0 Å². The van der Waals surface area contributed by atoms with Crippen LogP contribution in [0.2, 0.25) is 0 Å². The van der Waals surface area contributed by atoms with Gasteiger partial charge in [-0.2, -0.15) is 0 Å². The van der Waals surface area contributed by atoms with Crippen LogP contribution in [0.4, 0.5) is 0 Å². The molecule has 1 atom stereocenters. The van der Waals surface area contributed by atoms with E-state index in [4.69, 9.17) is 4.74 Å². The second kappa shape index (κ2) is 5.28. The van der Waals surface area contributed by atoms with Gasteiger partial charge in [0.1, 0.15) is 0 Å². The van der Waals surface area contributed by atoms with Crippen LogP contribution >= 0.6 is 0 Å². The lowest BCUT2D eigenvalue weighted by atomic mass is 10.1. The zero-order chi connectivity index (χ0) is 11.5. The summed E-state index contributed by atoms with van der Waals surface area (Å²) < 4.78 is 5.11. The minimum Gasteiger partial charge on any atom is -0.383 e. The molecule has 0 N–H and O–H groups in total. The number of hydrogen-bond donors (Lipinski definition) is 0. The molecule has 1 saturated heterocycles. The highest BCUT2D eigenvalue weighted by Gasteiger charge is 2.31. The molecule has 1 rings (SSSR count). The van der Waals surface area contributed by atoms with Crippen LogP contribution in [0.5, 0.6) is 0 Å². The molecular formula is C12H26N2O. The van der Waals surface area contributed by atoms with Crippen LogP contribution in [0.1, 0.15) is 27.2 Å². The van der Waals surface area contributed by atoms with Gasteiger partial charge in [0.05, 0.1) is 6.61 Å². The van der Waals surface area contributed by atoms with Gasteiger partial charge in [0, 0.05) is 38.3 Å². The Morgan fingerprint density at radius 2 is 2.07 bits per heavy atom. The van der Waals surface area contributed by atoms with E-state index in [1.165, 1.54) is 19.5 Å². The predicted octanol–water partition coefficient (Wildman–Crippen LogP) is 1.44. The van der Waals surface area contributed by atoms with Crippen LogP contribution in [0.25, 0.3) is 0 Å². The largest absolute Gasteiger partial charge is 0.383 e. The van der Waals surface area contributed by atoms with Gasteiger partial charge in [-0.05, 0) is 34.2 Å². The fourth-order valence-corrected chi connectivity index (χ4v) is 2.13. The average molecular weight is 214 g/mol. The molecule has 0 amide bonds. The molecule has 0 aromatic heterocycles. The molecule has 0 aliphatic carbocycles. The zero-order valence-corrected chi connectivity index (χ0v) is 10.9. The van der Waals surface area contributed by atoms with Crippen molar-refractivity contribution >= 4 is 0 Å². The van der Waals surface area contributed by atoms with E-state index in [1.54, 1.807) is 7.11 Å². The minimum absolute atomic E-state index is 0.316. The van der Waals surface area contributed by atoms with Crippen molar-refractivity contribution in [2.45, 2.75) is 38.8 Å². The molecule has 1 aliphatic rings. The van der Waals surface area contributed by atoms with E-state index < -0.39 is 0 Å². The van der Waals surface area contributed by atoms with E-state index in [-0.39, 0.29) is 0 Å². The lowest BCUT2D eigenvalue weighted by Crippen LogP contribution is -2.43. The van der Waals surface area contributed by atoms with Crippen LogP contribution in [0.15, 0.2) is 0 Å². The lowest BCUT2D eigenvalue weighted by Gasteiger charge is -2.32. The standard InChI is InChI=1S/C12H26N2O/c1-12(2,3)14-7-6-11(10-14)13(4)8-9-15-5/h11H,6-10H2,1-5H3/t11-/m1/s1. The van der Waals surface area contributed by atoms with Crippen LogP contribution in [0.3, 0.4) is 0 Å². The highest BCUT2D eigenvalue weighted by Crippen LogP contribution is 2.22. The van der Waals surface area contributed by atoms with Gasteiger partial charge in [0.15, 0.2) is 0 Å². The lowest BCUT2D eigenvalue weighted by molar-refractivity contribution is 0.125. The van der Waals surface area contributed by atoms with E-state index in [0.717, 1.165) is 13.2 Å². The maximum absolute atomic E-state index is 5.11. The molecule has 1 heterocycles. The summed E-state index contributed by atoms with van der Waals surface area (Å²) in [6.07, 6.45) is 1.29. The van der Waals surface area contributed by atoms with Crippen LogP contribution < -0.4 is 0 Å². The van der Waals surface area contributed by atoms with Gasteiger partial charge in [-0.3, -0.25) is 9.80 Å². The third kappa shape index (κ3) is 3.74. The minimum atomic E-state index is 0.316. The Kier molecular flexibility index (Phi) is 4.56. The normalized spacial score (nSPS) is 24.0. The first-order chi connectivity index (χ1) is 6.95. The Bertz CT molecular complexity index is 189. The van der Waals surface area contributed by atoms with E-state index in [0.29, 0.717) is 11.6 Å². The van der Waals surface area contributed by atoms with Crippen molar-refractivity contribution < 1.29 is 4.74 Å². The monoisotopic (exact) mass is 214 g/mol. The number of nitrogens with zero attached hydrogens (tertiary/aromatic N) is 2. The topological polar surface area (TPSA) is 15.7 Å². The van der Waals surface area contributed by atoms with Crippen LogP contribution in [-0.4, -0.2) is 61.8 Å². The number of methoxy groups -OCH3 is 1. The predicted molar refractivity (Wildman–Crippen MR) is 64.2 cm³/mol. The van der Waals surface area contributed by atoms with E-state index in [1.807, 2.05) is 0 Å². The molecule has 0 unspecified atom stereocenters. The zero-order valence-electron chi connectivity index (χ0n) is 10.9. The van der Waals surface area contributed by atoms with Crippen molar-refractivity contribution in [1.82, 2.24) is 9.80 Å². The van der Waals surface area contributed by atoms with Gasteiger partial charge in [0.2, 0.25) is 0 Å². The molecule has 1 fully saturated rings. The first kappa shape index (κ1) is 12.9. The summed E-state index contributed by atoms with van der Waals surface area (Å²) in [5, 5.41) is 0. The Morgan fingerprint density at radius 1 is 1.40 bits per heavy atom. The van der Waals surface area contributed by atoms with Gasteiger partial charge in [-0.1, -0.05) is 0 Å². The Balaban J connectivity index is 2.35. The molecular weight excluding hydrogens is 188 g/mol. The summed E-state index contributed by atoms with van der Waals surface area (Å²) >= 11 is 0. The van der Waals surface area contributed by atoms with Gasteiger partial charge in [-0.25, -0.2) is 0 Å². The quantitative estimate of drug-likeness (QED) is 0.704. The molecule has 0 saturated carbocycles. The third-order valence-electron chi connectivity index (χ3n) is 3.38. The molecule has 0 aromatic carbocycles. The maximum Gasteiger partial charge on any atom is 0.0589 e. The first-order valence-corrected chi connectivity index (χ1v) is 5.89. The molecule has 3 heteroatoms. The molecule has 0 spiro atoms. The van der Waals surface area contributed by atoms with Crippen molar-refractivity contribution in [3.63, 3.8) is 0 Å². The Labute approximate surface area is 94.4 Å². The number of rotatable bonds is 4. The third-order valence-corrected chi connectivity index (χ3v) is 3.38. The summed E-state index contributed by atoms with van der Waals surface area (Å²) in [5.74, 6) is 0. The summed E-state index contributed by atoms with van der Waals surface area (Å²) in [5.41, 5.74) is 0.316. The highest BCUT2D eigenvalue weighted by atomic mass is 16.5. The van der Waals surface area contributed by atoms with Crippen LogP contribution in [0, 0.1) is 0 Å². The van der Waals surface area contributed by atoms with Crippen molar-refractivity contribution in [3.8, 4) is 0 Å².